The molecular formula is C13H23N3O2. The zero-order chi connectivity index (χ0) is 13.3. The molecule has 0 spiro atoms. The van der Waals surface area contributed by atoms with Crippen molar-refractivity contribution in [2.75, 3.05) is 0 Å². The summed E-state index contributed by atoms with van der Waals surface area (Å²) < 4.78 is 0. The molecule has 0 aromatic carbocycles. The zero-order valence-electron chi connectivity index (χ0n) is 11.2. The molecule has 0 radical (unpaired) electrons. The van der Waals surface area contributed by atoms with Gasteiger partial charge in [-0.05, 0) is 39.0 Å². The summed E-state index contributed by atoms with van der Waals surface area (Å²) >= 11 is 0. The maximum absolute atomic E-state index is 12.8. The number of oxime groups is 1. The highest BCUT2D eigenvalue weighted by atomic mass is 16.4. The fraction of sp³-hybridized carbons (Fsp3) is 0.846. The first-order valence-corrected chi connectivity index (χ1v) is 6.87. The van der Waals surface area contributed by atoms with E-state index in [4.69, 9.17) is 10.9 Å². The fourth-order valence-electron chi connectivity index (χ4n) is 3.29. The first-order valence-electron chi connectivity index (χ1n) is 6.87. The highest BCUT2D eigenvalue weighted by Crippen LogP contribution is 2.45. The van der Waals surface area contributed by atoms with Crippen LogP contribution in [0.3, 0.4) is 0 Å². The molecule has 0 bridgehead atoms. The molecule has 1 saturated carbocycles. The van der Waals surface area contributed by atoms with Gasteiger partial charge in [-0.3, -0.25) is 4.79 Å². The van der Waals surface area contributed by atoms with E-state index in [9.17, 15) is 4.79 Å². The summed E-state index contributed by atoms with van der Waals surface area (Å²) in [7, 11) is 0. The SMILES string of the molecule is CCC1CCC(C)N1C(=O)C1(C(N)=NO)CCC1. The average Bonchev–Trinajstić information content (AvgIpc) is 2.68. The second kappa shape index (κ2) is 4.78. The Labute approximate surface area is 108 Å². The smallest absolute Gasteiger partial charge is 0.237 e. The molecule has 102 valence electrons. The molecule has 2 rings (SSSR count). The van der Waals surface area contributed by atoms with Crippen LogP contribution in [-0.4, -0.2) is 33.9 Å². The molecule has 2 atom stereocenters. The van der Waals surface area contributed by atoms with Crippen LogP contribution in [0.25, 0.3) is 0 Å². The maximum Gasteiger partial charge on any atom is 0.237 e. The Morgan fingerprint density at radius 2 is 2.17 bits per heavy atom. The molecule has 1 saturated heterocycles. The Kier molecular flexibility index (Phi) is 3.50. The van der Waals surface area contributed by atoms with Crippen molar-refractivity contribution >= 4 is 11.7 Å². The van der Waals surface area contributed by atoms with Gasteiger partial charge in [-0.2, -0.15) is 0 Å². The van der Waals surface area contributed by atoms with Gasteiger partial charge in [0.1, 0.15) is 5.41 Å². The molecule has 3 N–H and O–H groups in total. The normalized spacial score (nSPS) is 31.2. The molecule has 1 amide bonds. The third-order valence-electron chi connectivity index (χ3n) is 4.71. The lowest BCUT2D eigenvalue weighted by molar-refractivity contribution is -0.145. The van der Waals surface area contributed by atoms with E-state index in [1.807, 2.05) is 4.90 Å². The van der Waals surface area contributed by atoms with Crippen LogP contribution in [0.2, 0.25) is 0 Å². The predicted octanol–water partition coefficient (Wildman–Crippen LogP) is 1.69. The number of carbonyl (C=O) groups excluding carboxylic acids is 1. The zero-order valence-corrected chi connectivity index (χ0v) is 11.2. The van der Waals surface area contributed by atoms with E-state index in [1.54, 1.807) is 0 Å². The van der Waals surface area contributed by atoms with Crippen LogP contribution >= 0.6 is 0 Å². The Morgan fingerprint density at radius 3 is 2.61 bits per heavy atom. The molecule has 2 unspecified atom stereocenters. The minimum atomic E-state index is -0.721. The lowest BCUT2D eigenvalue weighted by Gasteiger charge is -2.44. The minimum absolute atomic E-state index is 0.0703. The first-order chi connectivity index (χ1) is 8.56. The van der Waals surface area contributed by atoms with Gasteiger partial charge >= 0.3 is 0 Å². The quantitative estimate of drug-likeness (QED) is 0.348. The Balaban J connectivity index is 2.24. The number of nitrogens with zero attached hydrogens (tertiary/aromatic N) is 2. The van der Waals surface area contributed by atoms with Crippen LogP contribution < -0.4 is 5.73 Å². The lowest BCUT2D eigenvalue weighted by atomic mass is 9.66. The lowest BCUT2D eigenvalue weighted by Crippen LogP contribution is -2.57. The van der Waals surface area contributed by atoms with Crippen LogP contribution in [-0.2, 0) is 4.79 Å². The first kappa shape index (κ1) is 13.2. The number of amides is 1. The van der Waals surface area contributed by atoms with Crippen molar-refractivity contribution < 1.29 is 10.0 Å². The third kappa shape index (κ3) is 1.76. The van der Waals surface area contributed by atoms with Crippen molar-refractivity contribution in [3.63, 3.8) is 0 Å². The van der Waals surface area contributed by atoms with Gasteiger partial charge in [0.05, 0.1) is 0 Å². The van der Waals surface area contributed by atoms with Gasteiger partial charge in [0.2, 0.25) is 5.91 Å². The van der Waals surface area contributed by atoms with E-state index in [1.165, 1.54) is 0 Å². The van der Waals surface area contributed by atoms with Gasteiger partial charge in [-0.1, -0.05) is 18.5 Å². The average molecular weight is 253 g/mol. The summed E-state index contributed by atoms with van der Waals surface area (Å²) in [5, 5.41) is 12.0. The number of hydrogen-bond acceptors (Lipinski definition) is 3. The van der Waals surface area contributed by atoms with Gasteiger partial charge < -0.3 is 15.8 Å². The molecule has 0 aromatic rings. The Morgan fingerprint density at radius 1 is 1.50 bits per heavy atom. The van der Waals surface area contributed by atoms with Crippen LogP contribution in [0.5, 0.6) is 0 Å². The minimum Gasteiger partial charge on any atom is -0.409 e. The summed E-state index contributed by atoms with van der Waals surface area (Å²) in [5.41, 5.74) is 5.05. The molecule has 0 aromatic heterocycles. The Bertz CT molecular complexity index is 363. The van der Waals surface area contributed by atoms with Gasteiger partial charge in [0, 0.05) is 12.1 Å². The second-order valence-corrected chi connectivity index (χ2v) is 5.62. The number of carbonyl (C=O) groups is 1. The van der Waals surface area contributed by atoms with Crippen molar-refractivity contribution in [2.24, 2.45) is 16.3 Å². The van der Waals surface area contributed by atoms with Crippen molar-refractivity contribution in [3.8, 4) is 0 Å². The number of likely N-dealkylation sites (tertiary alicyclic amines) is 1. The summed E-state index contributed by atoms with van der Waals surface area (Å²) in [6, 6.07) is 0.586. The highest BCUT2D eigenvalue weighted by Gasteiger charge is 2.52. The van der Waals surface area contributed by atoms with Crippen molar-refractivity contribution in [1.29, 1.82) is 0 Å². The molecule has 1 aliphatic heterocycles. The van der Waals surface area contributed by atoms with Crippen molar-refractivity contribution in [3.05, 3.63) is 0 Å². The number of amidine groups is 1. The molecule has 5 heteroatoms. The third-order valence-corrected chi connectivity index (χ3v) is 4.71. The van der Waals surface area contributed by atoms with E-state index in [2.05, 4.69) is 19.0 Å². The van der Waals surface area contributed by atoms with Crippen molar-refractivity contribution in [1.82, 2.24) is 4.90 Å². The summed E-state index contributed by atoms with van der Waals surface area (Å²) in [4.78, 5) is 14.8. The Hall–Kier alpha value is -1.26. The summed E-state index contributed by atoms with van der Waals surface area (Å²) in [6.07, 6.45) is 5.48. The van der Waals surface area contributed by atoms with E-state index in [-0.39, 0.29) is 17.8 Å². The fourth-order valence-corrected chi connectivity index (χ4v) is 3.29. The van der Waals surface area contributed by atoms with Gasteiger partial charge in [0.25, 0.3) is 0 Å². The number of nitrogens with two attached hydrogens (primary N) is 1. The van der Waals surface area contributed by atoms with E-state index >= 15 is 0 Å². The number of hydrogen-bond donors (Lipinski definition) is 2. The molecule has 1 heterocycles. The number of rotatable bonds is 3. The molecule has 18 heavy (non-hydrogen) atoms. The predicted molar refractivity (Wildman–Crippen MR) is 69.3 cm³/mol. The van der Waals surface area contributed by atoms with Gasteiger partial charge in [-0.15, -0.1) is 0 Å². The van der Waals surface area contributed by atoms with Crippen LogP contribution in [0.4, 0.5) is 0 Å². The second-order valence-electron chi connectivity index (χ2n) is 5.62. The monoisotopic (exact) mass is 253 g/mol. The highest BCUT2D eigenvalue weighted by molar-refractivity contribution is 6.07. The summed E-state index contributed by atoms with van der Waals surface area (Å²) in [5.74, 6) is 0.161. The van der Waals surface area contributed by atoms with Gasteiger partial charge in [-0.25, -0.2) is 0 Å². The topological polar surface area (TPSA) is 78.9 Å². The van der Waals surface area contributed by atoms with Crippen LogP contribution in [0.1, 0.15) is 52.4 Å². The molecule has 2 aliphatic rings. The van der Waals surface area contributed by atoms with Crippen LogP contribution in [0.15, 0.2) is 5.16 Å². The molecule has 5 nitrogen and oxygen atoms in total. The van der Waals surface area contributed by atoms with E-state index in [0.29, 0.717) is 18.9 Å². The molecule has 1 aliphatic carbocycles. The van der Waals surface area contributed by atoms with E-state index < -0.39 is 5.41 Å². The standard InChI is InChI=1S/C13H23N3O2/c1-3-10-6-5-9(2)16(10)12(17)13(7-4-8-13)11(14)15-18/h9-10,18H,3-8H2,1-2H3,(H2,14,15). The summed E-state index contributed by atoms with van der Waals surface area (Å²) in [6.45, 7) is 4.20. The van der Waals surface area contributed by atoms with Crippen LogP contribution in [0, 0.1) is 5.41 Å². The van der Waals surface area contributed by atoms with Gasteiger partial charge in [0.15, 0.2) is 5.84 Å². The maximum atomic E-state index is 12.8. The van der Waals surface area contributed by atoms with Crippen molar-refractivity contribution in [2.45, 2.75) is 64.5 Å². The molecular weight excluding hydrogens is 230 g/mol. The molecule has 2 fully saturated rings. The largest absolute Gasteiger partial charge is 0.409 e. The van der Waals surface area contributed by atoms with E-state index in [0.717, 1.165) is 25.7 Å².